The van der Waals surface area contributed by atoms with Gasteiger partial charge in [0.25, 0.3) is 0 Å². The molecule has 0 saturated heterocycles. The fraction of sp³-hybridized carbons (Fsp3) is 0.667. The van der Waals surface area contributed by atoms with Crippen molar-refractivity contribution >= 4 is 17.9 Å². The molecule has 4 N–H and O–H groups in total. The van der Waals surface area contributed by atoms with Crippen LogP contribution in [0.15, 0.2) is 0 Å². The molecule has 0 heterocycles. The van der Waals surface area contributed by atoms with Crippen molar-refractivity contribution in [2.45, 2.75) is 26.3 Å². The summed E-state index contributed by atoms with van der Waals surface area (Å²) >= 11 is 0. The molecule has 0 saturated carbocycles. The maximum absolute atomic E-state index is 11.1. The lowest BCUT2D eigenvalue weighted by Crippen LogP contribution is -2.40. The van der Waals surface area contributed by atoms with Crippen LogP contribution < -0.4 is 11.1 Å². The molecule has 0 spiro atoms. The Bertz CT molecular complexity index is 278. The first-order valence-electron chi connectivity index (χ1n) is 4.88. The first-order valence-corrected chi connectivity index (χ1v) is 4.88. The number of hydrogen-bond acceptors (Lipinski definition) is 4. The van der Waals surface area contributed by atoms with Gasteiger partial charge in [-0.3, -0.25) is 19.8 Å². The van der Waals surface area contributed by atoms with Gasteiger partial charge in [0.05, 0.1) is 6.54 Å². The Labute approximate surface area is 93.6 Å². The Balaban J connectivity index is 4.06. The summed E-state index contributed by atoms with van der Waals surface area (Å²) in [5.41, 5.74) is 4.76. The third kappa shape index (κ3) is 6.77. The molecule has 0 unspecified atom stereocenters. The van der Waals surface area contributed by atoms with Crippen molar-refractivity contribution in [1.82, 2.24) is 10.2 Å². The van der Waals surface area contributed by atoms with E-state index in [0.29, 0.717) is 0 Å². The first kappa shape index (κ1) is 14.4. The fourth-order valence-electron chi connectivity index (χ4n) is 1.14. The SMILES string of the molecule is CC(C)N(CCC(=O)NC(N)=O)CC(=O)O. The number of urea groups is 1. The molecule has 0 aromatic heterocycles. The minimum absolute atomic E-state index is 0.0116. The highest BCUT2D eigenvalue weighted by Crippen LogP contribution is 1.99. The van der Waals surface area contributed by atoms with Crippen molar-refractivity contribution in [3.63, 3.8) is 0 Å². The third-order valence-electron chi connectivity index (χ3n) is 1.96. The first-order chi connectivity index (χ1) is 7.32. The van der Waals surface area contributed by atoms with Crippen LogP contribution in [0.5, 0.6) is 0 Å². The molecule has 92 valence electrons. The predicted molar refractivity (Wildman–Crippen MR) is 56.7 cm³/mol. The number of rotatable bonds is 6. The van der Waals surface area contributed by atoms with Gasteiger partial charge < -0.3 is 10.8 Å². The van der Waals surface area contributed by atoms with Gasteiger partial charge >= 0.3 is 12.0 Å². The molecule has 0 rings (SSSR count). The van der Waals surface area contributed by atoms with Crippen molar-refractivity contribution in [2.24, 2.45) is 5.73 Å². The number of nitrogens with two attached hydrogens (primary N) is 1. The number of nitrogens with one attached hydrogen (secondary N) is 1. The van der Waals surface area contributed by atoms with E-state index in [9.17, 15) is 14.4 Å². The molecule has 0 aliphatic rings. The smallest absolute Gasteiger partial charge is 0.318 e. The highest BCUT2D eigenvalue weighted by Gasteiger charge is 2.15. The number of carboxylic acids is 1. The molecule has 0 aliphatic carbocycles. The second-order valence-corrected chi connectivity index (χ2v) is 3.62. The topological polar surface area (TPSA) is 113 Å². The molecule has 16 heavy (non-hydrogen) atoms. The van der Waals surface area contributed by atoms with Gasteiger partial charge in [0.15, 0.2) is 0 Å². The van der Waals surface area contributed by atoms with E-state index in [0.717, 1.165) is 0 Å². The largest absolute Gasteiger partial charge is 0.480 e. The highest BCUT2D eigenvalue weighted by molar-refractivity contribution is 5.93. The van der Waals surface area contributed by atoms with E-state index in [4.69, 9.17) is 10.8 Å². The summed E-state index contributed by atoms with van der Waals surface area (Å²) < 4.78 is 0. The van der Waals surface area contributed by atoms with Crippen LogP contribution in [-0.4, -0.2) is 47.0 Å². The molecule has 0 aromatic carbocycles. The molecular weight excluding hydrogens is 214 g/mol. The Kier molecular flexibility index (Phi) is 6.09. The van der Waals surface area contributed by atoms with E-state index in [1.165, 1.54) is 0 Å². The van der Waals surface area contributed by atoms with Crippen molar-refractivity contribution < 1.29 is 19.5 Å². The van der Waals surface area contributed by atoms with Gasteiger partial charge in [-0.1, -0.05) is 0 Å². The Hall–Kier alpha value is -1.63. The van der Waals surface area contributed by atoms with Gasteiger partial charge in [-0.2, -0.15) is 0 Å². The maximum Gasteiger partial charge on any atom is 0.318 e. The number of imide groups is 1. The summed E-state index contributed by atoms with van der Waals surface area (Å²) in [5.74, 6) is -1.47. The zero-order valence-corrected chi connectivity index (χ0v) is 9.40. The quantitative estimate of drug-likeness (QED) is 0.563. The summed E-state index contributed by atoms with van der Waals surface area (Å²) in [5, 5.41) is 10.5. The van der Waals surface area contributed by atoms with Crippen molar-refractivity contribution in [1.29, 1.82) is 0 Å². The molecule has 0 aromatic rings. The summed E-state index contributed by atoms with van der Waals surface area (Å²) in [6, 6.07) is -0.892. The zero-order chi connectivity index (χ0) is 12.7. The van der Waals surface area contributed by atoms with Crippen LogP contribution >= 0.6 is 0 Å². The van der Waals surface area contributed by atoms with Gasteiger partial charge in [0.2, 0.25) is 5.91 Å². The summed E-state index contributed by atoms with van der Waals surface area (Å²) in [6.07, 6.45) is 0.0361. The van der Waals surface area contributed by atoms with Crippen molar-refractivity contribution in [3.05, 3.63) is 0 Å². The van der Waals surface area contributed by atoms with Crippen LogP contribution in [0.2, 0.25) is 0 Å². The molecule has 7 nitrogen and oxygen atoms in total. The van der Waals surface area contributed by atoms with E-state index in [1.54, 1.807) is 4.90 Å². The second-order valence-electron chi connectivity index (χ2n) is 3.62. The predicted octanol–water partition coefficient (Wildman–Crippen LogP) is -0.634. The van der Waals surface area contributed by atoms with Gasteiger partial charge in [0, 0.05) is 19.0 Å². The lowest BCUT2D eigenvalue weighted by atomic mass is 10.2. The van der Waals surface area contributed by atoms with Gasteiger partial charge in [-0.25, -0.2) is 4.79 Å². The van der Waals surface area contributed by atoms with Crippen LogP contribution in [0.4, 0.5) is 4.79 Å². The highest BCUT2D eigenvalue weighted by atomic mass is 16.4. The molecule has 0 fully saturated rings. The second kappa shape index (κ2) is 6.78. The van der Waals surface area contributed by atoms with Crippen LogP contribution in [0.25, 0.3) is 0 Å². The van der Waals surface area contributed by atoms with Crippen LogP contribution in [-0.2, 0) is 9.59 Å². The number of carbonyl (C=O) groups is 3. The van der Waals surface area contributed by atoms with Crippen LogP contribution in [0.3, 0.4) is 0 Å². The van der Waals surface area contributed by atoms with E-state index < -0.39 is 17.9 Å². The molecule has 0 aliphatic heterocycles. The summed E-state index contributed by atoms with van der Waals surface area (Å²) in [6.45, 7) is 3.79. The minimum atomic E-state index is -0.955. The van der Waals surface area contributed by atoms with E-state index in [-0.39, 0.29) is 25.6 Å². The monoisotopic (exact) mass is 231 g/mol. The average Bonchev–Trinajstić information content (AvgIpc) is 2.09. The third-order valence-corrected chi connectivity index (χ3v) is 1.96. The molecular formula is C9H17N3O4. The van der Waals surface area contributed by atoms with Crippen molar-refractivity contribution in [2.75, 3.05) is 13.1 Å². The zero-order valence-electron chi connectivity index (χ0n) is 9.40. The number of amides is 3. The number of aliphatic carboxylic acids is 1. The van der Waals surface area contributed by atoms with E-state index in [1.807, 2.05) is 19.2 Å². The molecule has 0 atom stereocenters. The average molecular weight is 231 g/mol. The Morgan fingerprint density at radius 3 is 2.31 bits per heavy atom. The lowest BCUT2D eigenvalue weighted by molar-refractivity contribution is -0.139. The van der Waals surface area contributed by atoms with Gasteiger partial charge in [0.1, 0.15) is 0 Å². The van der Waals surface area contributed by atoms with E-state index >= 15 is 0 Å². The molecule has 7 heteroatoms. The number of hydrogen-bond donors (Lipinski definition) is 3. The van der Waals surface area contributed by atoms with Crippen molar-refractivity contribution in [3.8, 4) is 0 Å². The standard InChI is InChI=1S/C9H17N3O4/c1-6(2)12(5-8(14)15)4-3-7(13)11-9(10)16/h6H,3-5H2,1-2H3,(H,14,15)(H3,10,11,13,16). The van der Waals surface area contributed by atoms with Crippen LogP contribution in [0, 0.1) is 0 Å². The molecule has 3 amide bonds. The Morgan fingerprint density at radius 2 is 1.94 bits per heavy atom. The minimum Gasteiger partial charge on any atom is -0.480 e. The number of carboxylic acid groups (broad SMARTS) is 1. The van der Waals surface area contributed by atoms with Crippen LogP contribution in [0.1, 0.15) is 20.3 Å². The summed E-state index contributed by atoms with van der Waals surface area (Å²) in [4.78, 5) is 33.6. The number of carbonyl (C=O) groups excluding carboxylic acids is 2. The number of primary amides is 1. The fourth-order valence-corrected chi connectivity index (χ4v) is 1.14. The normalized spacial score (nSPS) is 10.5. The van der Waals surface area contributed by atoms with Gasteiger partial charge in [-0.05, 0) is 13.8 Å². The van der Waals surface area contributed by atoms with Gasteiger partial charge in [-0.15, -0.1) is 0 Å². The molecule has 0 radical (unpaired) electrons. The molecule has 0 bridgehead atoms. The lowest BCUT2D eigenvalue weighted by Gasteiger charge is -2.23. The summed E-state index contributed by atoms with van der Waals surface area (Å²) in [7, 11) is 0. The van der Waals surface area contributed by atoms with E-state index in [2.05, 4.69) is 0 Å². The Morgan fingerprint density at radius 1 is 1.38 bits per heavy atom. The maximum atomic E-state index is 11.1. The number of nitrogens with zero attached hydrogens (tertiary/aromatic N) is 1.